The third kappa shape index (κ3) is 4.49. The van der Waals surface area contributed by atoms with Crippen molar-refractivity contribution in [3.05, 3.63) is 18.2 Å². The molecule has 6 heteroatoms. The molecular formula is C32H49N3O3. The van der Waals surface area contributed by atoms with E-state index >= 15 is 0 Å². The minimum Gasteiger partial charge on any atom is -0.497 e. The molecule has 4 aliphatic rings. The highest BCUT2D eigenvalue weighted by molar-refractivity contribution is 5.82. The summed E-state index contributed by atoms with van der Waals surface area (Å²) in [5, 5.41) is 9.18. The van der Waals surface area contributed by atoms with Gasteiger partial charge >= 0.3 is 0 Å². The Morgan fingerprint density at radius 1 is 1.00 bits per heavy atom. The highest BCUT2D eigenvalue weighted by Crippen LogP contribution is 2.68. The second-order valence-electron chi connectivity index (χ2n) is 12.9. The molecule has 1 aromatic heterocycles. The summed E-state index contributed by atoms with van der Waals surface area (Å²) in [5.41, 5.74) is 2.06. The minimum atomic E-state index is 0.108. The molecule has 8 atom stereocenters. The Hall–Kier alpha value is -1.95. The lowest BCUT2D eigenvalue weighted by Crippen LogP contribution is -2.56. The molecule has 0 aliphatic heterocycles. The first-order valence-electron chi connectivity index (χ1n) is 15.3. The number of ketones is 1. The number of rotatable bonds is 6. The van der Waals surface area contributed by atoms with Crippen molar-refractivity contribution in [1.29, 1.82) is 0 Å². The first kappa shape index (κ1) is 27.6. The van der Waals surface area contributed by atoms with Crippen molar-refractivity contribution >= 4 is 16.8 Å². The van der Waals surface area contributed by atoms with E-state index in [2.05, 4.69) is 24.0 Å². The molecular weight excluding hydrogens is 474 g/mol. The van der Waals surface area contributed by atoms with Crippen LogP contribution in [0.25, 0.3) is 11.0 Å². The van der Waals surface area contributed by atoms with Crippen LogP contribution in [0.2, 0.25) is 0 Å². The number of carbonyl (C=O) groups excluding carboxylic acids is 1. The van der Waals surface area contributed by atoms with E-state index in [0.29, 0.717) is 17.1 Å². The van der Waals surface area contributed by atoms with Gasteiger partial charge < -0.3 is 9.47 Å². The molecule has 210 valence electrons. The third-order valence-electron chi connectivity index (χ3n) is 11.4. The fourth-order valence-corrected chi connectivity index (χ4v) is 9.73. The van der Waals surface area contributed by atoms with Crippen molar-refractivity contribution in [2.75, 3.05) is 20.8 Å². The average Bonchev–Trinajstić information content (AvgIpc) is 3.49. The van der Waals surface area contributed by atoms with E-state index < -0.39 is 0 Å². The first-order valence-corrected chi connectivity index (χ1v) is 15.3. The molecule has 2 aromatic rings. The lowest BCUT2D eigenvalue weighted by atomic mass is 9.44. The van der Waals surface area contributed by atoms with Crippen molar-refractivity contribution in [3.8, 4) is 5.75 Å². The number of hydrogen-bond donors (Lipinski definition) is 0. The molecule has 0 amide bonds. The molecule has 0 spiro atoms. The molecule has 4 saturated carbocycles. The zero-order valence-electron chi connectivity index (χ0n) is 24.5. The maximum Gasteiger partial charge on any atom is 0.159 e. The van der Waals surface area contributed by atoms with Gasteiger partial charge in [-0.15, -0.1) is 0 Å². The summed E-state index contributed by atoms with van der Waals surface area (Å²) < 4.78 is 11.3. The van der Waals surface area contributed by atoms with Crippen LogP contribution < -0.4 is 4.74 Å². The maximum atomic E-state index is 13.7. The fraction of sp³-hybridized carbons (Fsp3) is 0.781. The van der Waals surface area contributed by atoms with Gasteiger partial charge in [0.15, 0.2) is 5.78 Å². The summed E-state index contributed by atoms with van der Waals surface area (Å²) in [4.78, 5) is 15.3. The number of fused-ring (bicyclic) bond motifs is 6. The number of carbonyl (C=O) groups is 1. The molecule has 6 nitrogen and oxygen atoms in total. The van der Waals surface area contributed by atoms with Gasteiger partial charge in [0, 0.05) is 19.1 Å². The predicted molar refractivity (Wildman–Crippen MR) is 151 cm³/mol. The van der Waals surface area contributed by atoms with E-state index in [-0.39, 0.29) is 17.9 Å². The van der Waals surface area contributed by atoms with Gasteiger partial charge in [0.05, 0.1) is 13.7 Å². The Kier molecular flexibility index (Phi) is 7.92. The Labute approximate surface area is 229 Å². The van der Waals surface area contributed by atoms with E-state index in [1.807, 2.05) is 39.2 Å². The Morgan fingerprint density at radius 3 is 2.55 bits per heavy atom. The van der Waals surface area contributed by atoms with Gasteiger partial charge in [-0.1, -0.05) is 34.1 Å². The highest BCUT2D eigenvalue weighted by Gasteiger charge is 2.62. The molecule has 1 heterocycles. The Bertz CT molecular complexity index is 1130. The van der Waals surface area contributed by atoms with Crippen LogP contribution in [-0.2, 0) is 16.1 Å². The van der Waals surface area contributed by atoms with Crippen molar-refractivity contribution in [2.45, 2.75) is 92.0 Å². The maximum absolute atomic E-state index is 13.7. The second-order valence-corrected chi connectivity index (χ2v) is 12.9. The Morgan fingerprint density at radius 2 is 1.79 bits per heavy atom. The van der Waals surface area contributed by atoms with Crippen molar-refractivity contribution in [3.63, 3.8) is 0 Å². The van der Waals surface area contributed by atoms with Crippen LogP contribution in [0.3, 0.4) is 0 Å². The minimum absolute atomic E-state index is 0.108. The van der Waals surface area contributed by atoms with E-state index in [4.69, 9.17) is 9.47 Å². The summed E-state index contributed by atoms with van der Waals surface area (Å²) in [5.74, 6) is 5.05. The zero-order valence-corrected chi connectivity index (χ0v) is 24.5. The highest BCUT2D eigenvalue weighted by atomic mass is 16.5. The number of nitrogens with zero attached hydrogens (tertiary/aromatic N) is 3. The average molecular weight is 524 g/mol. The molecule has 4 fully saturated rings. The third-order valence-corrected chi connectivity index (χ3v) is 11.4. The molecule has 0 saturated heterocycles. The summed E-state index contributed by atoms with van der Waals surface area (Å²) in [7, 11) is 3.56. The largest absolute Gasteiger partial charge is 0.497 e. The number of methoxy groups -OCH3 is 2. The first-order chi connectivity index (χ1) is 18.4. The van der Waals surface area contributed by atoms with Gasteiger partial charge in [-0.25, -0.2) is 0 Å². The Balaban J connectivity index is 0.00000144. The zero-order chi connectivity index (χ0) is 27.1. The van der Waals surface area contributed by atoms with E-state index in [0.717, 1.165) is 53.5 Å². The van der Waals surface area contributed by atoms with Crippen LogP contribution in [0.4, 0.5) is 0 Å². The van der Waals surface area contributed by atoms with Gasteiger partial charge in [-0.05, 0) is 104 Å². The molecule has 8 unspecified atom stereocenters. The van der Waals surface area contributed by atoms with Gasteiger partial charge in [0.2, 0.25) is 0 Å². The summed E-state index contributed by atoms with van der Waals surface area (Å²) in [6, 6.07) is 5.69. The molecule has 38 heavy (non-hydrogen) atoms. The van der Waals surface area contributed by atoms with Gasteiger partial charge in [0.1, 0.15) is 23.3 Å². The van der Waals surface area contributed by atoms with Gasteiger partial charge in [0.25, 0.3) is 0 Å². The monoisotopic (exact) mass is 523 g/mol. The molecule has 4 aliphatic carbocycles. The summed E-state index contributed by atoms with van der Waals surface area (Å²) in [6.45, 7) is 10.1. The van der Waals surface area contributed by atoms with Crippen LogP contribution in [0.15, 0.2) is 18.2 Å². The smallest absolute Gasteiger partial charge is 0.159 e. The van der Waals surface area contributed by atoms with E-state index in [1.165, 1.54) is 51.4 Å². The summed E-state index contributed by atoms with van der Waals surface area (Å²) >= 11 is 0. The van der Waals surface area contributed by atoms with Gasteiger partial charge in [-0.3, -0.25) is 4.79 Å². The van der Waals surface area contributed by atoms with Crippen LogP contribution in [0, 0.1) is 46.3 Å². The van der Waals surface area contributed by atoms with Gasteiger partial charge in [-0.2, -0.15) is 15.0 Å². The lowest BCUT2D eigenvalue weighted by Gasteiger charge is -2.61. The number of benzene rings is 1. The normalized spacial score (nSPS) is 37.9. The standard InChI is InChI=1S/C30H43N3O3.C2H6/c1-19-11-14-30(18-35-3)20(15-19)5-7-22-23-8-9-25(29(23,2)13-12-24(22)30)28(34)17-33-31-26-10-6-21(36-4)16-27(26)32-33;1-2/h6,10,16,19-20,22-25H,5,7-9,11-15,17-18H2,1-4H3;1-2H3. The molecule has 6 rings (SSSR count). The lowest BCUT2D eigenvalue weighted by molar-refractivity contribution is -0.154. The number of ether oxygens (including phenoxy) is 2. The van der Waals surface area contributed by atoms with Crippen molar-refractivity contribution in [1.82, 2.24) is 15.0 Å². The fourth-order valence-electron chi connectivity index (χ4n) is 9.73. The number of hydrogen-bond acceptors (Lipinski definition) is 5. The number of Topliss-reactive ketones (excluding diaryl/α,β-unsaturated/α-hetero) is 1. The van der Waals surface area contributed by atoms with Crippen LogP contribution >= 0.6 is 0 Å². The summed E-state index contributed by atoms with van der Waals surface area (Å²) in [6.07, 6.45) is 11.4. The van der Waals surface area contributed by atoms with Crippen molar-refractivity contribution < 1.29 is 14.3 Å². The molecule has 0 N–H and O–H groups in total. The van der Waals surface area contributed by atoms with Crippen molar-refractivity contribution in [2.24, 2.45) is 46.3 Å². The quantitative estimate of drug-likeness (QED) is 0.410. The molecule has 1 aromatic carbocycles. The van der Waals surface area contributed by atoms with Crippen LogP contribution in [0.5, 0.6) is 5.75 Å². The number of aromatic nitrogens is 3. The molecule has 0 bridgehead atoms. The van der Waals surface area contributed by atoms with Crippen LogP contribution in [-0.4, -0.2) is 41.6 Å². The topological polar surface area (TPSA) is 66.2 Å². The van der Waals surface area contributed by atoms with E-state index in [1.54, 1.807) is 11.9 Å². The second kappa shape index (κ2) is 10.9. The van der Waals surface area contributed by atoms with E-state index in [9.17, 15) is 4.79 Å². The SMILES string of the molecule is CC.COCC12CCC(C)CC1CCC1C3CCC(C(=O)Cn4nc5ccc(OC)cc5n4)C3(C)CCC12. The molecule has 0 radical (unpaired) electrons. The predicted octanol–water partition coefficient (Wildman–Crippen LogP) is 6.96. The van der Waals surface area contributed by atoms with Crippen LogP contribution in [0.1, 0.15) is 85.5 Å².